The van der Waals surface area contributed by atoms with Gasteiger partial charge in [0.1, 0.15) is 0 Å². The lowest BCUT2D eigenvalue weighted by atomic mass is 10.1. The van der Waals surface area contributed by atoms with Crippen LogP contribution in [0.4, 0.5) is 0 Å². The first-order valence-electron chi connectivity index (χ1n) is 10.3. The number of ether oxygens (including phenoxy) is 1. The number of allylic oxidation sites excluding steroid dienone is 2. The summed E-state index contributed by atoms with van der Waals surface area (Å²) in [5, 5.41) is 2.25. The molecule has 1 atom stereocenters. The van der Waals surface area contributed by atoms with E-state index in [2.05, 4.69) is 30.3 Å². The fourth-order valence-electron chi connectivity index (χ4n) is 3.58. The summed E-state index contributed by atoms with van der Waals surface area (Å²) in [5.74, 6) is -0.354. The number of esters is 1. The molecular formula is C26H28O3Si. The van der Waals surface area contributed by atoms with Crippen molar-refractivity contribution >= 4 is 24.7 Å². The first-order valence-corrected chi connectivity index (χ1v) is 12.4. The van der Waals surface area contributed by atoms with E-state index in [1.807, 2.05) is 86.7 Å². The van der Waals surface area contributed by atoms with E-state index in [1.54, 1.807) is 0 Å². The average Bonchev–Trinajstić information content (AvgIpc) is 2.81. The monoisotopic (exact) mass is 416 g/mol. The second-order valence-corrected chi connectivity index (χ2v) is 10.4. The van der Waals surface area contributed by atoms with Crippen molar-refractivity contribution in [2.75, 3.05) is 6.61 Å². The number of benzene rings is 3. The van der Waals surface area contributed by atoms with Crippen molar-refractivity contribution in [2.24, 2.45) is 0 Å². The molecule has 3 nitrogen and oxygen atoms in total. The second-order valence-electron chi connectivity index (χ2n) is 6.99. The van der Waals surface area contributed by atoms with E-state index < -0.39 is 14.4 Å². The van der Waals surface area contributed by atoms with Gasteiger partial charge in [-0.15, -0.1) is 0 Å². The van der Waals surface area contributed by atoms with Gasteiger partial charge in [-0.05, 0) is 35.8 Å². The maximum atomic E-state index is 13.0. The highest BCUT2D eigenvalue weighted by Gasteiger charge is 2.43. The van der Waals surface area contributed by atoms with Crippen molar-refractivity contribution in [1.82, 2.24) is 0 Å². The number of rotatable bonds is 9. The van der Waals surface area contributed by atoms with Crippen LogP contribution in [0.5, 0.6) is 0 Å². The molecule has 0 saturated carbocycles. The molecule has 0 aliphatic rings. The zero-order valence-corrected chi connectivity index (χ0v) is 18.5. The maximum absolute atomic E-state index is 13.0. The fourth-order valence-corrected chi connectivity index (χ4v) is 7.42. The molecule has 0 aliphatic heterocycles. The van der Waals surface area contributed by atoms with Crippen LogP contribution in [0.3, 0.4) is 0 Å². The molecular weight excluding hydrogens is 388 g/mol. The molecule has 0 aliphatic carbocycles. The Morgan fingerprint density at radius 1 is 0.867 bits per heavy atom. The summed E-state index contributed by atoms with van der Waals surface area (Å²) in [7, 11) is -2.79. The van der Waals surface area contributed by atoms with Crippen LogP contribution in [-0.4, -0.2) is 20.9 Å². The summed E-state index contributed by atoms with van der Waals surface area (Å²) >= 11 is 0. The fraction of sp³-hybridized carbons (Fsp3) is 0.192. The highest BCUT2D eigenvalue weighted by atomic mass is 28.4. The van der Waals surface area contributed by atoms with Gasteiger partial charge in [0, 0.05) is 0 Å². The summed E-state index contributed by atoms with van der Waals surface area (Å²) in [6.07, 6.45) is 3.39. The third kappa shape index (κ3) is 4.96. The molecule has 0 fully saturated rings. The van der Waals surface area contributed by atoms with Gasteiger partial charge in [-0.3, -0.25) is 0 Å². The van der Waals surface area contributed by atoms with Gasteiger partial charge in [-0.1, -0.05) is 103 Å². The van der Waals surface area contributed by atoms with E-state index in [-0.39, 0.29) is 5.97 Å². The van der Waals surface area contributed by atoms with Crippen LogP contribution in [0, 0.1) is 0 Å². The lowest BCUT2D eigenvalue weighted by molar-refractivity contribution is -0.152. The minimum absolute atomic E-state index is 0.311. The number of carbonyl (C=O) groups excluding carboxylic acids is 1. The molecule has 0 amide bonds. The van der Waals surface area contributed by atoms with Gasteiger partial charge in [0.15, 0.2) is 6.10 Å². The van der Waals surface area contributed by atoms with Crippen LogP contribution in [0.2, 0.25) is 6.04 Å². The summed E-state index contributed by atoms with van der Waals surface area (Å²) < 4.78 is 12.3. The van der Waals surface area contributed by atoms with E-state index >= 15 is 0 Å². The first-order chi connectivity index (χ1) is 14.7. The van der Waals surface area contributed by atoms with Crippen LogP contribution in [-0.2, 0) is 14.0 Å². The van der Waals surface area contributed by atoms with Crippen LogP contribution in [0.1, 0.15) is 25.5 Å². The van der Waals surface area contributed by atoms with Crippen LogP contribution in [0.15, 0.2) is 103 Å². The zero-order chi connectivity index (χ0) is 21.2. The van der Waals surface area contributed by atoms with Crippen molar-refractivity contribution in [3.8, 4) is 0 Å². The standard InChI is InChI=1S/C26H28O3Si/c1-3-5-21-30(23-17-11-7-12-18-23,24-19-13-8-14-20-24)29-25(26(27)28-4-2)22-15-9-6-10-16-22/h3,5-20,25H,4,21H2,1-2H3/b5-3-. The molecule has 4 heteroatoms. The van der Waals surface area contributed by atoms with Crippen molar-refractivity contribution < 1.29 is 14.0 Å². The predicted molar refractivity (Wildman–Crippen MR) is 124 cm³/mol. The molecule has 30 heavy (non-hydrogen) atoms. The van der Waals surface area contributed by atoms with Gasteiger partial charge in [0.05, 0.1) is 6.61 Å². The van der Waals surface area contributed by atoms with E-state index in [0.717, 1.165) is 22.0 Å². The lowest BCUT2D eigenvalue weighted by Crippen LogP contribution is -2.61. The molecule has 0 heterocycles. The minimum Gasteiger partial charge on any atom is -0.464 e. The molecule has 154 valence electrons. The molecule has 0 saturated heterocycles. The number of carbonyl (C=O) groups is 1. The SMILES string of the molecule is C/C=C\C[Si](OC(C(=O)OCC)c1ccccc1)(c1ccccc1)c1ccccc1. The zero-order valence-electron chi connectivity index (χ0n) is 17.5. The maximum Gasteiger partial charge on any atom is 0.338 e. The Labute approximate surface area is 180 Å². The normalized spacial score (nSPS) is 12.6. The summed E-state index contributed by atoms with van der Waals surface area (Å²) in [4.78, 5) is 13.0. The highest BCUT2D eigenvalue weighted by Crippen LogP contribution is 2.27. The molecule has 1 unspecified atom stereocenters. The van der Waals surface area contributed by atoms with Crippen molar-refractivity contribution in [3.05, 3.63) is 109 Å². The molecule has 0 spiro atoms. The molecule has 3 aromatic carbocycles. The third-order valence-corrected chi connectivity index (χ3v) is 9.02. The summed E-state index contributed by atoms with van der Waals surface area (Å²) in [6, 6.07) is 30.9. The van der Waals surface area contributed by atoms with Crippen molar-refractivity contribution in [1.29, 1.82) is 0 Å². The Morgan fingerprint density at radius 2 is 1.37 bits per heavy atom. The van der Waals surface area contributed by atoms with Gasteiger partial charge in [0.25, 0.3) is 8.32 Å². The summed E-state index contributed by atoms with van der Waals surface area (Å²) in [5.41, 5.74) is 0.806. The Kier molecular flexibility index (Phi) is 7.77. The third-order valence-electron chi connectivity index (χ3n) is 5.04. The lowest BCUT2D eigenvalue weighted by Gasteiger charge is -2.35. The largest absolute Gasteiger partial charge is 0.464 e. The van der Waals surface area contributed by atoms with E-state index in [0.29, 0.717) is 6.61 Å². The molecule has 0 aromatic heterocycles. The van der Waals surface area contributed by atoms with Crippen LogP contribution in [0.25, 0.3) is 0 Å². The smallest absolute Gasteiger partial charge is 0.338 e. The van der Waals surface area contributed by atoms with Gasteiger partial charge in [0.2, 0.25) is 0 Å². The average molecular weight is 417 g/mol. The second kappa shape index (κ2) is 10.7. The van der Waals surface area contributed by atoms with Crippen molar-refractivity contribution in [2.45, 2.75) is 26.0 Å². The summed E-state index contributed by atoms with van der Waals surface area (Å²) in [6.45, 7) is 4.14. The topological polar surface area (TPSA) is 35.5 Å². The highest BCUT2D eigenvalue weighted by molar-refractivity contribution is 6.97. The van der Waals surface area contributed by atoms with E-state index in [9.17, 15) is 4.79 Å². The molecule has 0 bridgehead atoms. The number of hydrogen-bond acceptors (Lipinski definition) is 3. The number of hydrogen-bond donors (Lipinski definition) is 0. The van der Waals surface area contributed by atoms with Crippen molar-refractivity contribution in [3.63, 3.8) is 0 Å². The quantitative estimate of drug-likeness (QED) is 0.289. The van der Waals surface area contributed by atoms with E-state index in [4.69, 9.17) is 9.16 Å². The van der Waals surface area contributed by atoms with Gasteiger partial charge < -0.3 is 9.16 Å². The van der Waals surface area contributed by atoms with Crippen LogP contribution >= 0.6 is 0 Å². The molecule has 0 radical (unpaired) electrons. The van der Waals surface area contributed by atoms with Gasteiger partial charge in [-0.2, -0.15) is 0 Å². The Balaban J connectivity index is 2.18. The predicted octanol–water partition coefficient (Wildman–Crippen LogP) is 4.64. The Bertz CT molecular complexity index is 900. The molecule has 3 rings (SSSR count). The Hall–Kier alpha value is -2.95. The van der Waals surface area contributed by atoms with Gasteiger partial charge in [-0.25, -0.2) is 4.79 Å². The Morgan fingerprint density at radius 3 is 1.83 bits per heavy atom. The van der Waals surface area contributed by atoms with Crippen LogP contribution < -0.4 is 10.4 Å². The first kappa shape index (κ1) is 21.7. The van der Waals surface area contributed by atoms with Gasteiger partial charge >= 0.3 is 5.97 Å². The molecule has 0 N–H and O–H groups in total. The molecule has 3 aromatic rings. The van der Waals surface area contributed by atoms with E-state index in [1.165, 1.54) is 0 Å². The minimum atomic E-state index is -2.79.